The van der Waals surface area contributed by atoms with E-state index in [1.165, 1.54) is 18.4 Å². The average Bonchev–Trinajstić information content (AvgIpc) is 3.68. The van der Waals surface area contributed by atoms with Crippen molar-refractivity contribution in [1.82, 2.24) is 19.3 Å². The highest BCUT2D eigenvalue weighted by molar-refractivity contribution is 7.18. The summed E-state index contributed by atoms with van der Waals surface area (Å²) in [5, 5.41) is 15.7. The number of nitrogens with zero attached hydrogens (tertiary/aromatic N) is 4. The smallest absolute Gasteiger partial charge is 0.332 e. The Morgan fingerprint density at radius 3 is 2.36 bits per heavy atom. The van der Waals surface area contributed by atoms with Crippen LogP contribution in [-0.2, 0) is 19.5 Å². The zero-order valence-electron chi connectivity index (χ0n) is 24.2. The van der Waals surface area contributed by atoms with Crippen molar-refractivity contribution in [3.05, 3.63) is 115 Å². The lowest BCUT2D eigenvalue weighted by Crippen LogP contribution is -2.41. The predicted octanol–water partition coefficient (Wildman–Crippen LogP) is 5.46. The van der Waals surface area contributed by atoms with E-state index in [1.54, 1.807) is 28.8 Å². The molecular formula is C34H31N4O6S-. The maximum atomic E-state index is 13.9. The van der Waals surface area contributed by atoms with Crippen molar-refractivity contribution in [1.29, 1.82) is 0 Å². The molecule has 0 aliphatic carbocycles. The summed E-state index contributed by atoms with van der Waals surface area (Å²) in [5.41, 5.74) is 3.50. The quantitative estimate of drug-likeness (QED) is 0.194. The van der Waals surface area contributed by atoms with Gasteiger partial charge in [-0.1, -0.05) is 56.8 Å². The fourth-order valence-electron chi connectivity index (χ4n) is 5.26. The number of carbonyl (C=O) groups excluding carboxylic acids is 1. The number of hydrogen-bond acceptors (Lipinski definition) is 9. The van der Waals surface area contributed by atoms with Crippen LogP contribution in [0.1, 0.15) is 40.7 Å². The van der Waals surface area contributed by atoms with E-state index in [9.17, 15) is 19.5 Å². The number of methoxy groups -OCH3 is 1. The minimum absolute atomic E-state index is 0. The predicted molar refractivity (Wildman–Crippen MR) is 172 cm³/mol. The number of rotatable bonds is 9. The number of thiophene rings is 1. The summed E-state index contributed by atoms with van der Waals surface area (Å²) < 4.78 is 12.4. The van der Waals surface area contributed by atoms with Crippen LogP contribution in [0, 0.1) is 6.92 Å². The maximum absolute atomic E-state index is 13.9. The third-order valence-corrected chi connectivity index (χ3v) is 8.81. The molecule has 0 saturated carbocycles. The van der Waals surface area contributed by atoms with Gasteiger partial charge < -0.3 is 14.4 Å². The second kappa shape index (κ2) is 12.7. The van der Waals surface area contributed by atoms with Crippen molar-refractivity contribution in [3.63, 3.8) is 0 Å². The summed E-state index contributed by atoms with van der Waals surface area (Å²) in [4.78, 5) is 45.9. The first-order chi connectivity index (χ1) is 21.3. The molecule has 10 nitrogen and oxygen atoms in total. The molecule has 0 N–H and O–H groups in total. The molecule has 6 aromatic rings. The topological polar surface area (TPSA) is 132 Å². The van der Waals surface area contributed by atoms with Gasteiger partial charge in [-0.25, -0.2) is 9.78 Å². The van der Waals surface area contributed by atoms with E-state index in [0.29, 0.717) is 33.5 Å². The minimum atomic E-state index is -0.759. The molecule has 0 amide bonds. The molecule has 11 heteroatoms. The third kappa shape index (κ3) is 5.94. The van der Waals surface area contributed by atoms with Gasteiger partial charge in [-0.2, -0.15) is 5.16 Å². The van der Waals surface area contributed by atoms with Crippen molar-refractivity contribution in [3.8, 4) is 34.3 Å². The lowest BCUT2D eigenvalue weighted by molar-refractivity contribution is -0.303. The normalized spacial score (nSPS) is 11.0. The van der Waals surface area contributed by atoms with Crippen molar-refractivity contribution < 1.29 is 19.2 Å². The van der Waals surface area contributed by atoms with Gasteiger partial charge in [0.2, 0.25) is 0 Å². The maximum Gasteiger partial charge on any atom is 0.332 e. The van der Waals surface area contributed by atoms with E-state index in [0.717, 1.165) is 31.7 Å². The summed E-state index contributed by atoms with van der Waals surface area (Å²) in [6, 6.07) is 21.7. The summed E-state index contributed by atoms with van der Waals surface area (Å²) in [7, 11) is 1.54. The minimum Gasteiger partial charge on any atom is -0.528 e. The van der Waals surface area contributed by atoms with Gasteiger partial charge in [0, 0.05) is 16.0 Å². The number of aryl methyl sites for hydroxylation is 2. The van der Waals surface area contributed by atoms with Crippen LogP contribution in [0.2, 0.25) is 0 Å². The van der Waals surface area contributed by atoms with Crippen molar-refractivity contribution in [2.24, 2.45) is 0 Å². The molecule has 0 bridgehead atoms. The molecule has 0 atom stereocenters. The van der Waals surface area contributed by atoms with Crippen LogP contribution in [0.15, 0.2) is 86.9 Å². The zero-order valence-corrected chi connectivity index (χ0v) is 25.0. The average molecular weight is 624 g/mol. The number of fused-ring (bicyclic) bond motifs is 1. The van der Waals surface area contributed by atoms with Crippen molar-refractivity contribution >= 4 is 27.3 Å². The number of Topliss-reactive ketones (excluding diaryl/α,β-unsaturated/α-hetero) is 1. The Hall–Kier alpha value is -5.29. The van der Waals surface area contributed by atoms with Crippen LogP contribution in [0.3, 0.4) is 0 Å². The van der Waals surface area contributed by atoms with Crippen LogP contribution in [-0.4, -0.2) is 32.2 Å². The third-order valence-electron chi connectivity index (χ3n) is 7.51. The molecule has 3 heterocycles. The molecule has 6 rings (SSSR count). The monoisotopic (exact) mass is 623 g/mol. The van der Waals surface area contributed by atoms with Crippen molar-refractivity contribution in [2.75, 3.05) is 7.11 Å². The van der Waals surface area contributed by atoms with Gasteiger partial charge in [0.25, 0.3) is 5.56 Å². The first-order valence-electron chi connectivity index (χ1n) is 13.9. The first kappa shape index (κ1) is 31.1. The van der Waals surface area contributed by atoms with Gasteiger partial charge in [0.1, 0.15) is 10.6 Å². The number of ketones is 1. The van der Waals surface area contributed by atoms with Crippen LogP contribution >= 0.6 is 11.3 Å². The molecule has 0 spiro atoms. The van der Waals surface area contributed by atoms with Gasteiger partial charge >= 0.3 is 5.69 Å². The Labute approximate surface area is 262 Å². The van der Waals surface area contributed by atoms with Crippen LogP contribution in [0.25, 0.3) is 32.7 Å². The van der Waals surface area contributed by atoms with Gasteiger partial charge in [-0.05, 0) is 65.9 Å². The first-order valence-corrected chi connectivity index (χ1v) is 14.7. The molecule has 0 radical (unpaired) electrons. The highest BCUT2D eigenvalue weighted by atomic mass is 32.1. The molecule has 45 heavy (non-hydrogen) atoms. The summed E-state index contributed by atoms with van der Waals surface area (Å²) in [5.74, 6) is 0.455. The second-order valence-electron chi connectivity index (χ2n) is 10.3. The number of aromatic nitrogens is 4. The van der Waals surface area contributed by atoms with Gasteiger partial charge in [-0.15, -0.1) is 11.3 Å². The zero-order chi connectivity index (χ0) is 31.0. The van der Waals surface area contributed by atoms with E-state index in [-0.39, 0.29) is 32.1 Å². The Bertz CT molecular complexity index is 2140. The van der Waals surface area contributed by atoms with Gasteiger partial charge in [-0.3, -0.25) is 18.7 Å². The Morgan fingerprint density at radius 1 is 0.978 bits per heavy atom. The number of benzene rings is 3. The summed E-state index contributed by atoms with van der Waals surface area (Å²) in [6.07, 6.45) is -0.0513. The number of carbonyl (C=O) groups is 1. The van der Waals surface area contributed by atoms with Crippen LogP contribution in [0.5, 0.6) is 11.8 Å². The largest absolute Gasteiger partial charge is 0.528 e. The molecule has 3 aromatic heterocycles. The lowest BCUT2D eigenvalue weighted by Gasteiger charge is -2.14. The number of ether oxygens (including phenoxy) is 1. The molecule has 230 valence electrons. The fraction of sp³-hybridized carbons (Fsp3) is 0.206. The summed E-state index contributed by atoms with van der Waals surface area (Å²) in [6.45, 7) is 3.76. The molecule has 0 aliphatic heterocycles. The molecule has 0 fully saturated rings. The molecule has 0 aliphatic rings. The van der Waals surface area contributed by atoms with Gasteiger partial charge in [0.15, 0.2) is 17.7 Å². The van der Waals surface area contributed by atoms with E-state index in [4.69, 9.17) is 4.74 Å². The van der Waals surface area contributed by atoms with E-state index in [2.05, 4.69) is 14.7 Å². The van der Waals surface area contributed by atoms with Gasteiger partial charge in [0.05, 0.1) is 25.6 Å². The van der Waals surface area contributed by atoms with Crippen LogP contribution < -0.4 is 21.1 Å². The fourth-order valence-corrected chi connectivity index (χ4v) is 6.33. The Morgan fingerprint density at radius 2 is 1.71 bits per heavy atom. The van der Waals surface area contributed by atoms with E-state index >= 15 is 0 Å². The van der Waals surface area contributed by atoms with Crippen LogP contribution in [0.4, 0.5) is 0 Å². The van der Waals surface area contributed by atoms with Crippen molar-refractivity contribution in [2.45, 2.75) is 40.8 Å². The lowest BCUT2D eigenvalue weighted by atomic mass is 9.94. The highest BCUT2D eigenvalue weighted by Crippen LogP contribution is 2.33. The second-order valence-corrected chi connectivity index (χ2v) is 11.4. The SMILES string of the molecule is C.CCc1cc2c(=O)n(CC(=O)c3ccc(OC)cc3)c(=O)n(Cc3ccc(-c4ccccc4-c4noc([O-])n4)c(C)c3)c2s1. The molecular weight excluding hydrogens is 592 g/mol. The molecule has 3 aromatic carbocycles. The van der Waals surface area contributed by atoms with E-state index < -0.39 is 17.3 Å². The standard InChI is InChI=1S/C33H28N4O6S.CH4/c1-4-23-16-27-30(39)36(18-28(38)21-10-12-22(42-3)13-11-21)33(41)37(31(27)44-23)17-20-9-14-24(19(2)15-20)25-7-5-6-8-26(25)29-34-32(40)43-35-29;/h5-16H,4,17-18H2,1-3H3,(H,34,35,40);1H4/p-1. The number of hydrogen-bond donors (Lipinski definition) is 0. The van der Waals surface area contributed by atoms with E-state index in [1.807, 2.05) is 62.4 Å². The Balaban J connectivity index is 0.00000400. The Kier molecular flexibility index (Phi) is 8.82. The molecule has 0 saturated heterocycles. The summed E-state index contributed by atoms with van der Waals surface area (Å²) >= 11 is 1.41. The molecule has 0 unspecified atom stereocenters. The highest BCUT2D eigenvalue weighted by Gasteiger charge is 2.20.